The van der Waals surface area contributed by atoms with Gasteiger partial charge in [-0.2, -0.15) is 4.31 Å². The van der Waals surface area contributed by atoms with Crippen LogP contribution < -0.4 is 5.32 Å². The second-order valence-corrected chi connectivity index (χ2v) is 10.7. The Kier molecular flexibility index (Phi) is 6.86. The maximum atomic E-state index is 13.4. The van der Waals surface area contributed by atoms with Gasteiger partial charge >= 0.3 is 0 Å². The summed E-state index contributed by atoms with van der Waals surface area (Å²) in [7, 11) is -3.64. The zero-order valence-electron chi connectivity index (χ0n) is 19.2. The number of aryl methyl sites for hydroxylation is 1. The lowest BCUT2D eigenvalue weighted by Gasteiger charge is -2.36. The number of anilines is 1. The molecular formula is C25H31N3O4S. The molecule has 33 heavy (non-hydrogen) atoms. The molecule has 2 aliphatic rings. The topological polar surface area (TPSA) is 86.8 Å². The molecule has 0 bridgehead atoms. The molecule has 176 valence electrons. The molecule has 0 aromatic heterocycles. The van der Waals surface area contributed by atoms with E-state index < -0.39 is 10.0 Å². The van der Waals surface area contributed by atoms with Gasteiger partial charge in [-0.3, -0.25) is 9.59 Å². The van der Waals surface area contributed by atoms with Gasteiger partial charge in [0.25, 0.3) is 0 Å². The fourth-order valence-corrected chi connectivity index (χ4v) is 6.50. The van der Waals surface area contributed by atoms with Crippen LogP contribution in [-0.2, 0) is 26.0 Å². The first kappa shape index (κ1) is 23.4. The van der Waals surface area contributed by atoms with Crippen LogP contribution in [0.4, 0.5) is 5.69 Å². The van der Waals surface area contributed by atoms with Gasteiger partial charge in [-0.05, 0) is 68.0 Å². The van der Waals surface area contributed by atoms with Crippen molar-refractivity contribution in [2.24, 2.45) is 5.92 Å². The summed E-state index contributed by atoms with van der Waals surface area (Å²) in [4.78, 5) is 26.8. The molecule has 1 heterocycles. The molecule has 0 radical (unpaired) electrons. The van der Waals surface area contributed by atoms with Crippen molar-refractivity contribution in [3.8, 4) is 0 Å². The zero-order valence-corrected chi connectivity index (χ0v) is 20.0. The molecule has 1 atom stereocenters. The zero-order chi connectivity index (χ0) is 23.6. The molecule has 0 spiro atoms. The summed E-state index contributed by atoms with van der Waals surface area (Å²) < 4.78 is 27.6. The monoisotopic (exact) mass is 469 g/mol. The molecule has 0 saturated carbocycles. The Morgan fingerprint density at radius 3 is 2.33 bits per heavy atom. The second-order valence-electron chi connectivity index (χ2n) is 8.76. The molecule has 0 unspecified atom stereocenters. The van der Waals surface area contributed by atoms with Crippen LogP contribution in [0.25, 0.3) is 0 Å². The minimum atomic E-state index is -3.64. The molecule has 1 saturated heterocycles. The number of piperidine rings is 1. The van der Waals surface area contributed by atoms with Crippen molar-refractivity contribution in [3.05, 3.63) is 59.7 Å². The summed E-state index contributed by atoms with van der Waals surface area (Å²) in [5.41, 5.74) is 3.12. The molecule has 4 rings (SSSR count). The third kappa shape index (κ3) is 4.82. The third-order valence-corrected chi connectivity index (χ3v) is 8.63. The normalized spacial score (nSPS) is 19.2. The minimum absolute atomic E-state index is 0.114. The van der Waals surface area contributed by atoms with E-state index in [2.05, 4.69) is 17.4 Å². The highest BCUT2D eigenvalue weighted by molar-refractivity contribution is 7.89. The number of benzene rings is 2. The highest BCUT2D eigenvalue weighted by Gasteiger charge is 2.37. The standard InChI is InChI=1S/C25H31N3O4S/c1-3-28(24-13-8-19-6-4-5-7-23(19)24)25(30)20-14-16-27(17-15-20)33(31,32)22-11-9-21(10-12-22)26-18(2)29/h4-7,9-12,20,24H,3,8,13-17H2,1-2H3,(H,26,29)/t24-/m1/s1. The predicted molar refractivity (Wildman–Crippen MR) is 127 cm³/mol. The summed E-state index contributed by atoms with van der Waals surface area (Å²) in [5.74, 6) is -0.234. The van der Waals surface area contributed by atoms with Gasteiger partial charge in [0, 0.05) is 38.2 Å². The third-order valence-electron chi connectivity index (χ3n) is 6.72. The number of carbonyl (C=O) groups excluding carboxylic acids is 2. The summed E-state index contributed by atoms with van der Waals surface area (Å²) in [5, 5.41) is 2.64. The van der Waals surface area contributed by atoms with Crippen LogP contribution in [0.5, 0.6) is 0 Å². The Hall–Kier alpha value is -2.71. The van der Waals surface area contributed by atoms with E-state index >= 15 is 0 Å². The number of sulfonamides is 1. The molecular weight excluding hydrogens is 438 g/mol. The smallest absolute Gasteiger partial charge is 0.243 e. The Balaban J connectivity index is 1.40. The van der Waals surface area contributed by atoms with E-state index in [4.69, 9.17) is 0 Å². The highest BCUT2D eigenvalue weighted by Crippen LogP contribution is 2.37. The second kappa shape index (κ2) is 9.65. The quantitative estimate of drug-likeness (QED) is 0.701. The molecule has 8 heteroatoms. The molecule has 1 aliphatic carbocycles. The number of nitrogens with zero attached hydrogens (tertiary/aromatic N) is 2. The fraction of sp³-hybridized carbons (Fsp3) is 0.440. The number of fused-ring (bicyclic) bond motifs is 1. The van der Waals surface area contributed by atoms with Crippen LogP contribution in [0.2, 0.25) is 0 Å². The number of carbonyl (C=O) groups is 2. The van der Waals surface area contributed by atoms with Gasteiger partial charge in [-0.15, -0.1) is 0 Å². The van der Waals surface area contributed by atoms with Crippen LogP contribution in [0, 0.1) is 5.92 Å². The first-order valence-corrected chi connectivity index (χ1v) is 13.0. The number of rotatable bonds is 6. The summed E-state index contributed by atoms with van der Waals surface area (Å²) >= 11 is 0. The van der Waals surface area contributed by atoms with Crippen molar-refractivity contribution in [1.29, 1.82) is 0 Å². The molecule has 7 nitrogen and oxygen atoms in total. The van der Waals surface area contributed by atoms with E-state index in [9.17, 15) is 18.0 Å². The molecule has 2 amide bonds. The number of nitrogens with one attached hydrogen (secondary N) is 1. The summed E-state index contributed by atoms with van der Waals surface area (Å²) in [6, 6.07) is 14.6. The van der Waals surface area contributed by atoms with Gasteiger partial charge in [0.2, 0.25) is 21.8 Å². The fourth-order valence-electron chi connectivity index (χ4n) is 5.03. The van der Waals surface area contributed by atoms with Gasteiger partial charge in [-0.25, -0.2) is 8.42 Å². The lowest BCUT2D eigenvalue weighted by molar-refractivity contribution is -0.139. The van der Waals surface area contributed by atoms with Gasteiger partial charge in [-0.1, -0.05) is 24.3 Å². The number of amides is 2. The Morgan fingerprint density at radius 2 is 1.70 bits per heavy atom. The molecule has 1 N–H and O–H groups in total. The van der Waals surface area contributed by atoms with Crippen molar-refractivity contribution in [1.82, 2.24) is 9.21 Å². The number of hydrogen-bond donors (Lipinski definition) is 1. The van der Waals surface area contributed by atoms with E-state index in [0.717, 1.165) is 12.8 Å². The molecule has 1 fully saturated rings. The lowest BCUT2D eigenvalue weighted by Crippen LogP contribution is -2.45. The maximum Gasteiger partial charge on any atom is 0.243 e. The van der Waals surface area contributed by atoms with Crippen LogP contribution in [0.1, 0.15) is 50.3 Å². The molecule has 2 aromatic carbocycles. The Morgan fingerprint density at radius 1 is 1.03 bits per heavy atom. The largest absolute Gasteiger partial charge is 0.336 e. The first-order chi connectivity index (χ1) is 15.8. The van der Waals surface area contributed by atoms with Crippen LogP contribution in [0.15, 0.2) is 53.4 Å². The van der Waals surface area contributed by atoms with Crippen molar-refractivity contribution in [2.45, 2.75) is 50.5 Å². The SMILES string of the molecule is CCN(C(=O)C1CCN(S(=O)(=O)c2ccc(NC(C)=O)cc2)CC1)[C@@H]1CCc2ccccc21. The molecule has 2 aromatic rings. The lowest BCUT2D eigenvalue weighted by atomic mass is 9.95. The van der Waals surface area contributed by atoms with Gasteiger partial charge in [0.1, 0.15) is 0 Å². The van der Waals surface area contributed by atoms with Crippen LogP contribution >= 0.6 is 0 Å². The van der Waals surface area contributed by atoms with E-state index in [1.165, 1.54) is 34.5 Å². The predicted octanol–water partition coefficient (Wildman–Crippen LogP) is 3.58. The first-order valence-electron chi connectivity index (χ1n) is 11.6. The van der Waals surface area contributed by atoms with Crippen molar-refractivity contribution < 1.29 is 18.0 Å². The average Bonchev–Trinajstić information content (AvgIpc) is 3.23. The van der Waals surface area contributed by atoms with Crippen molar-refractivity contribution in [2.75, 3.05) is 25.0 Å². The van der Waals surface area contributed by atoms with E-state index in [-0.39, 0.29) is 28.7 Å². The Labute approximate surface area is 195 Å². The van der Waals surface area contributed by atoms with Gasteiger partial charge in [0.05, 0.1) is 10.9 Å². The summed E-state index contributed by atoms with van der Waals surface area (Å²) in [6.07, 6.45) is 2.97. The van der Waals surface area contributed by atoms with Crippen molar-refractivity contribution in [3.63, 3.8) is 0 Å². The Bertz CT molecular complexity index is 1120. The minimum Gasteiger partial charge on any atom is -0.336 e. The van der Waals surface area contributed by atoms with Crippen LogP contribution in [0.3, 0.4) is 0 Å². The van der Waals surface area contributed by atoms with Gasteiger partial charge < -0.3 is 10.2 Å². The van der Waals surface area contributed by atoms with E-state index in [1.807, 2.05) is 24.0 Å². The van der Waals surface area contributed by atoms with Crippen molar-refractivity contribution >= 4 is 27.5 Å². The average molecular weight is 470 g/mol. The van der Waals surface area contributed by atoms with E-state index in [0.29, 0.717) is 38.2 Å². The van der Waals surface area contributed by atoms with Gasteiger partial charge in [0.15, 0.2) is 0 Å². The highest BCUT2D eigenvalue weighted by atomic mass is 32.2. The van der Waals surface area contributed by atoms with E-state index in [1.54, 1.807) is 12.1 Å². The summed E-state index contributed by atoms with van der Waals surface area (Å²) in [6.45, 7) is 4.72. The number of hydrogen-bond acceptors (Lipinski definition) is 4. The van der Waals surface area contributed by atoms with Crippen LogP contribution in [-0.4, -0.2) is 49.1 Å². The molecule has 1 aliphatic heterocycles. The maximum absolute atomic E-state index is 13.4.